The van der Waals surface area contributed by atoms with E-state index in [4.69, 9.17) is 15.2 Å². The first-order valence-electron chi connectivity index (χ1n) is 11.6. The van der Waals surface area contributed by atoms with Crippen molar-refractivity contribution in [3.05, 3.63) is 90.9 Å². The largest absolute Gasteiger partial charge is 0.494 e. The number of ether oxygens (including phenoxy) is 2. The van der Waals surface area contributed by atoms with Gasteiger partial charge in [0.25, 0.3) is 0 Å². The van der Waals surface area contributed by atoms with Crippen molar-refractivity contribution in [1.82, 2.24) is 14.9 Å². The monoisotopic (exact) mass is 520 g/mol. The predicted octanol–water partition coefficient (Wildman–Crippen LogP) is 4.14. The Morgan fingerprint density at radius 3 is 2.43 bits per heavy atom. The number of aromatic nitrogens is 2. The second-order valence-electron chi connectivity index (χ2n) is 8.37. The third-order valence-corrected chi connectivity index (χ3v) is 6.63. The molecule has 0 radical (unpaired) electrons. The highest BCUT2D eigenvalue weighted by Crippen LogP contribution is 2.23. The number of nitrogens with zero attached hydrogens (tertiary/aromatic N) is 2. The quantitative estimate of drug-likeness (QED) is 0.238. The minimum atomic E-state index is -3.37. The fraction of sp³-hybridized carbons (Fsp3) is 0.185. The molecule has 10 heteroatoms. The molecule has 0 saturated carbocycles. The number of carbonyl (C=O) groups excluding carboxylic acids is 1. The van der Waals surface area contributed by atoms with E-state index in [1.165, 1.54) is 17.0 Å². The Hall–Kier alpha value is -4.31. The molecule has 0 saturated heterocycles. The molecular weight excluding hydrogens is 492 g/mol. The van der Waals surface area contributed by atoms with E-state index in [9.17, 15) is 13.2 Å². The van der Waals surface area contributed by atoms with Gasteiger partial charge in [0.05, 0.1) is 22.9 Å². The maximum atomic E-state index is 12.4. The third-order valence-electron chi connectivity index (χ3n) is 5.46. The molecule has 4 aromatic rings. The molecule has 0 fully saturated rings. The van der Waals surface area contributed by atoms with Crippen molar-refractivity contribution < 1.29 is 22.7 Å². The van der Waals surface area contributed by atoms with Crippen molar-refractivity contribution in [1.29, 1.82) is 0 Å². The lowest BCUT2D eigenvalue weighted by atomic mass is 10.1. The lowest BCUT2D eigenvalue weighted by Crippen LogP contribution is -2.29. The average Bonchev–Trinajstić information content (AvgIpc) is 3.38. The number of nitrogens with one attached hydrogen (secondary N) is 1. The number of hydrogen-bond donors (Lipinski definition) is 2. The van der Waals surface area contributed by atoms with Crippen molar-refractivity contribution in [3.8, 4) is 22.8 Å². The Kier molecular flexibility index (Phi) is 8.09. The highest BCUT2D eigenvalue weighted by molar-refractivity contribution is 7.90. The van der Waals surface area contributed by atoms with Gasteiger partial charge in [0.15, 0.2) is 9.84 Å². The molecule has 0 spiro atoms. The number of nitrogen functional groups attached to an aromatic ring is 1. The van der Waals surface area contributed by atoms with Crippen LogP contribution in [0.15, 0.2) is 90.2 Å². The Morgan fingerprint density at radius 1 is 1.00 bits per heavy atom. The van der Waals surface area contributed by atoms with Gasteiger partial charge in [-0.2, -0.15) is 0 Å². The molecule has 3 aromatic carbocycles. The van der Waals surface area contributed by atoms with E-state index in [-0.39, 0.29) is 23.2 Å². The molecule has 0 unspecified atom stereocenters. The Morgan fingerprint density at radius 2 is 1.73 bits per heavy atom. The number of para-hydroxylation sites is 1. The maximum Gasteiger partial charge on any atom is 0.326 e. The summed E-state index contributed by atoms with van der Waals surface area (Å²) in [5, 5.41) is 2.85. The van der Waals surface area contributed by atoms with Crippen molar-refractivity contribution in [2.24, 2.45) is 0 Å². The number of amides is 1. The van der Waals surface area contributed by atoms with Crippen LogP contribution in [0.5, 0.6) is 11.5 Å². The second kappa shape index (κ2) is 11.6. The number of imidazole rings is 1. The van der Waals surface area contributed by atoms with Gasteiger partial charge in [-0.15, -0.1) is 0 Å². The molecule has 192 valence electrons. The van der Waals surface area contributed by atoms with E-state index in [1.54, 1.807) is 30.5 Å². The van der Waals surface area contributed by atoms with Crippen molar-refractivity contribution in [2.45, 2.75) is 17.9 Å². The summed E-state index contributed by atoms with van der Waals surface area (Å²) >= 11 is 0. The molecule has 0 aliphatic heterocycles. The maximum absolute atomic E-state index is 12.4. The molecule has 0 aliphatic rings. The van der Waals surface area contributed by atoms with Gasteiger partial charge in [0.2, 0.25) is 0 Å². The van der Waals surface area contributed by atoms with Gasteiger partial charge in [-0.1, -0.05) is 24.3 Å². The topological polar surface area (TPSA) is 126 Å². The number of benzene rings is 3. The van der Waals surface area contributed by atoms with Crippen molar-refractivity contribution in [3.63, 3.8) is 0 Å². The number of anilines is 1. The summed E-state index contributed by atoms with van der Waals surface area (Å²) in [6, 6.07) is 21.3. The summed E-state index contributed by atoms with van der Waals surface area (Å²) in [6.45, 7) is 1.22. The molecule has 9 nitrogen and oxygen atoms in total. The van der Waals surface area contributed by atoms with E-state index in [0.717, 1.165) is 23.1 Å². The van der Waals surface area contributed by atoms with Crippen LogP contribution in [0.2, 0.25) is 0 Å². The molecule has 0 aliphatic carbocycles. The van der Waals surface area contributed by atoms with Crippen LogP contribution in [0, 0.1) is 0 Å². The highest BCUT2D eigenvalue weighted by Gasteiger charge is 2.12. The zero-order valence-corrected chi connectivity index (χ0v) is 21.1. The minimum Gasteiger partial charge on any atom is -0.494 e. The Labute approximate surface area is 215 Å². The number of rotatable bonds is 10. The van der Waals surface area contributed by atoms with Crippen LogP contribution < -0.4 is 20.5 Å². The van der Waals surface area contributed by atoms with E-state index < -0.39 is 9.84 Å². The zero-order chi connectivity index (χ0) is 26.3. The van der Waals surface area contributed by atoms with E-state index in [2.05, 4.69) is 10.3 Å². The van der Waals surface area contributed by atoms with Gasteiger partial charge >= 0.3 is 6.03 Å². The SMILES string of the molecule is CS(=O)(=O)c1ccc(COc2ccc(-c3cn(C(=O)NCCCOc4ccccc4)cn3)cc2)cc1N. The smallest absolute Gasteiger partial charge is 0.326 e. The zero-order valence-electron chi connectivity index (χ0n) is 20.3. The lowest BCUT2D eigenvalue weighted by Gasteiger charge is -2.09. The highest BCUT2D eigenvalue weighted by atomic mass is 32.2. The summed E-state index contributed by atoms with van der Waals surface area (Å²) in [4.78, 5) is 16.8. The van der Waals surface area contributed by atoms with Crippen LogP contribution in [0.1, 0.15) is 12.0 Å². The van der Waals surface area contributed by atoms with Crippen LogP contribution in [0.4, 0.5) is 10.5 Å². The summed E-state index contributed by atoms with van der Waals surface area (Å²) in [7, 11) is -3.37. The first-order chi connectivity index (χ1) is 17.8. The number of nitrogens with two attached hydrogens (primary N) is 1. The summed E-state index contributed by atoms with van der Waals surface area (Å²) in [5.41, 5.74) is 8.30. The molecule has 1 aromatic heterocycles. The molecule has 4 rings (SSSR count). The standard InChI is InChI=1S/C27H28N4O5S/c1-37(33,34)26-13-8-20(16-24(26)28)18-36-23-11-9-21(10-12-23)25-17-31(19-30-25)27(32)29-14-5-15-35-22-6-3-2-4-7-22/h2-4,6-13,16-17,19H,5,14-15,18,28H2,1H3,(H,29,32). The normalized spacial score (nSPS) is 11.2. The van der Waals surface area contributed by atoms with Crippen LogP contribution in [0.3, 0.4) is 0 Å². The molecule has 1 amide bonds. The Bertz CT molecular complexity index is 1450. The molecular formula is C27H28N4O5S. The van der Waals surface area contributed by atoms with Gasteiger partial charge < -0.3 is 20.5 Å². The Balaban J connectivity index is 1.25. The van der Waals surface area contributed by atoms with Gasteiger partial charge in [-0.25, -0.2) is 18.2 Å². The summed E-state index contributed by atoms with van der Waals surface area (Å²) in [6.07, 6.45) is 4.94. The lowest BCUT2D eigenvalue weighted by molar-refractivity contribution is 0.240. The number of carbonyl (C=O) groups is 1. The van der Waals surface area contributed by atoms with Crippen LogP contribution in [0.25, 0.3) is 11.3 Å². The fourth-order valence-electron chi connectivity index (χ4n) is 3.56. The first-order valence-corrected chi connectivity index (χ1v) is 13.5. The second-order valence-corrected chi connectivity index (χ2v) is 10.4. The van der Waals surface area contributed by atoms with Crippen molar-refractivity contribution >= 4 is 21.6 Å². The van der Waals surface area contributed by atoms with Crippen LogP contribution in [-0.4, -0.2) is 43.4 Å². The van der Waals surface area contributed by atoms with Crippen LogP contribution >= 0.6 is 0 Å². The predicted molar refractivity (Wildman–Crippen MR) is 141 cm³/mol. The van der Waals surface area contributed by atoms with Crippen LogP contribution in [-0.2, 0) is 16.4 Å². The molecule has 1 heterocycles. The molecule has 3 N–H and O–H groups in total. The summed E-state index contributed by atoms with van der Waals surface area (Å²) in [5.74, 6) is 1.43. The van der Waals surface area contributed by atoms with Gasteiger partial charge in [0.1, 0.15) is 24.4 Å². The number of hydrogen-bond acceptors (Lipinski definition) is 7. The fourth-order valence-corrected chi connectivity index (χ4v) is 4.36. The van der Waals surface area contributed by atoms with E-state index in [0.29, 0.717) is 31.0 Å². The molecule has 37 heavy (non-hydrogen) atoms. The first kappa shape index (κ1) is 25.8. The molecule has 0 bridgehead atoms. The third kappa shape index (κ3) is 7.11. The van der Waals surface area contributed by atoms with Gasteiger partial charge in [-0.05, 0) is 60.5 Å². The van der Waals surface area contributed by atoms with Gasteiger partial charge in [0, 0.05) is 24.6 Å². The van der Waals surface area contributed by atoms with Gasteiger partial charge in [-0.3, -0.25) is 4.57 Å². The average molecular weight is 521 g/mol. The molecule has 0 atom stereocenters. The van der Waals surface area contributed by atoms with Crippen molar-refractivity contribution in [2.75, 3.05) is 25.1 Å². The number of sulfone groups is 1. The van der Waals surface area contributed by atoms with E-state index in [1.807, 2.05) is 42.5 Å². The minimum absolute atomic E-state index is 0.103. The van der Waals surface area contributed by atoms with E-state index >= 15 is 0 Å². The summed E-state index contributed by atoms with van der Waals surface area (Å²) < 4.78 is 36.2.